The Labute approximate surface area is 154 Å². The van der Waals surface area contributed by atoms with Gasteiger partial charge >= 0.3 is 0 Å². The number of hydrogen-bond acceptors (Lipinski definition) is 3. The molecule has 0 fully saturated rings. The van der Waals surface area contributed by atoms with Crippen molar-refractivity contribution in [3.63, 3.8) is 0 Å². The summed E-state index contributed by atoms with van der Waals surface area (Å²) in [5, 5.41) is 22.8. The number of aliphatic hydroxyl groups is 1. The Bertz CT molecular complexity index is 921. The maximum Gasteiger partial charge on any atom is 0.115 e. The third kappa shape index (κ3) is 3.46. The van der Waals surface area contributed by atoms with E-state index in [1.54, 1.807) is 6.07 Å². The molecule has 0 aromatic heterocycles. The van der Waals surface area contributed by atoms with Crippen molar-refractivity contribution >= 4 is 10.8 Å². The monoisotopic (exact) mass is 347 g/mol. The average molecular weight is 347 g/mol. The second-order valence-electron chi connectivity index (χ2n) is 7.34. The lowest BCUT2D eigenvalue weighted by Gasteiger charge is -2.36. The number of phenols is 1. The molecule has 0 radical (unpaired) electrons. The Hall–Kier alpha value is -2.36. The van der Waals surface area contributed by atoms with Crippen molar-refractivity contribution in [1.29, 1.82) is 0 Å². The van der Waals surface area contributed by atoms with E-state index < -0.39 is 6.10 Å². The first-order chi connectivity index (χ1) is 12.6. The summed E-state index contributed by atoms with van der Waals surface area (Å²) < 4.78 is 0. The maximum atomic E-state index is 10.7. The number of benzene rings is 3. The molecule has 3 heteroatoms. The van der Waals surface area contributed by atoms with Gasteiger partial charge in [0, 0.05) is 19.1 Å². The van der Waals surface area contributed by atoms with E-state index in [2.05, 4.69) is 42.2 Å². The third-order valence-corrected chi connectivity index (χ3v) is 5.52. The Kier molecular flexibility index (Phi) is 4.66. The van der Waals surface area contributed by atoms with Crippen LogP contribution in [0.4, 0.5) is 0 Å². The van der Waals surface area contributed by atoms with Gasteiger partial charge in [-0.05, 0) is 59.4 Å². The van der Waals surface area contributed by atoms with E-state index in [1.807, 2.05) is 24.3 Å². The van der Waals surface area contributed by atoms with Crippen molar-refractivity contribution in [2.24, 2.45) is 0 Å². The summed E-state index contributed by atoms with van der Waals surface area (Å²) in [4.78, 5) is 2.34. The molecule has 26 heavy (non-hydrogen) atoms. The minimum Gasteiger partial charge on any atom is -0.508 e. The molecular formula is C23H25NO2. The van der Waals surface area contributed by atoms with E-state index in [1.165, 1.54) is 27.5 Å². The molecule has 2 unspecified atom stereocenters. The molecule has 3 aromatic carbocycles. The smallest absolute Gasteiger partial charge is 0.115 e. The van der Waals surface area contributed by atoms with Gasteiger partial charge < -0.3 is 10.2 Å². The van der Waals surface area contributed by atoms with E-state index in [0.29, 0.717) is 18.7 Å². The van der Waals surface area contributed by atoms with Crippen LogP contribution >= 0.6 is 0 Å². The third-order valence-electron chi connectivity index (χ3n) is 5.52. The van der Waals surface area contributed by atoms with Gasteiger partial charge in [0.25, 0.3) is 0 Å². The van der Waals surface area contributed by atoms with Crippen molar-refractivity contribution < 1.29 is 10.2 Å². The van der Waals surface area contributed by atoms with Crippen LogP contribution in [0.1, 0.15) is 29.7 Å². The molecule has 0 saturated heterocycles. The van der Waals surface area contributed by atoms with E-state index in [4.69, 9.17) is 0 Å². The van der Waals surface area contributed by atoms with Gasteiger partial charge in [0.2, 0.25) is 0 Å². The molecule has 1 heterocycles. The lowest BCUT2D eigenvalue weighted by Crippen LogP contribution is -2.39. The van der Waals surface area contributed by atoms with Gasteiger partial charge in [0.1, 0.15) is 5.75 Å². The van der Waals surface area contributed by atoms with E-state index in [-0.39, 0.29) is 6.04 Å². The summed E-state index contributed by atoms with van der Waals surface area (Å²) in [6, 6.07) is 20.6. The lowest BCUT2D eigenvalue weighted by atomic mass is 9.92. The Morgan fingerprint density at radius 2 is 1.85 bits per heavy atom. The quantitative estimate of drug-likeness (QED) is 0.748. The topological polar surface area (TPSA) is 43.7 Å². The van der Waals surface area contributed by atoms with Gasteiger partial charge in [-0.15, -0.1) is 0 Å². The number of hydrogen-bond donors (Lipinski definition) is 2. The van der Waals surface area contributed by atoms with Crippen LogP contribution in [0.25, 0.3) is 10.8 Å². The van der Waals surface area contributed by atoms with Crippen LogP contribution in [-0.2, 0) is 12.8 Å². The second kappa shape index (κ2) is 7.10. The first-order valence-electron chi connectivity index (χ1n) is 9.32. The zero-order chi connectivity index (χ0) is 18.1. The Morgan fingerprint density at radius 1 is 1.04 bits per heavy atom. The molecule has 3 aromatic rings. The number of rotatable bonds is 4. The normalized spacial score (nSPS) is 18.6. The second-order valence-corrected chi connectivity index (χ2v) is 7.34. The molecule has 0 amide bonds. The highest BCUT2D eigenvalue weighted by molar-refractivity contribution is 5.82. The average Bonchev–Trinajstić information content (AvgIpc) is 2.64. The summed E-state index contributed by atoms with van der Waals surface area (Å²) in [5.41, 5.74) is 3.65. The minimum atomic E-state index is -0.391. The molecule has 2 N–H and O–H groups in total. The Morgan fingerprint density at radius 3 is 2.69 bits per heavy atom. The van der Waals surface area contributed by atoms with Crippen LogP contribution in [0.3, 0.4) is 0 Å². The van der Waals surface area contributed by atoms with Gasteiger partial charge in [0.15, 0.2) is 0 Å². The maximum absolute atomic E-state index is 10.7. The molecule has 0 saturated carbocycles. The molecular weight excluding hydrogens is 322 g/mol. The van der Waals surface area contributed by atoms with Crippen LogP contribution in [0.15, 0.2) is 60.7 Å². The number of aliphatic hydroxyl groups excluding tert-OH is 1. The summed E-state index contributed by atoms with van der Waals surface area (Å²) in [6.07, 6.45) is 1.19. The molecule has 0 aliphatic carbocycles. The molecule has 134 valence electrons. The van der Waals surface area contributed by atoms with Crippen LogP contribution in [-0.4, -0.2) is 34.3 Å². The van der Waals surface area contributed by atoms with Crippen molar-refractivity contribution in [2.45, 2.75) is 31.9 Å². The predicted molar refractivity (Wildman–Crippen MR) is 105 cm³/mol. The zero-order valence-electron chi connectivity index (χ0n) is 15.1. The standard InChI is InChI=1S/C23H25NO2/c1-16-23-9-8-21(25)14-20(23)10-11-24(16)15-22(26)13-17-6-7-18-4-2-3-5-19(18)12-17/h2-9,12,14,16,22,25-26H,10-11,13,15H2,1H3. The van der Waals surface area contributed by atoms with Gasteiger partial charge in [0.05, 0.1) is 6.10 Å². The SMILES string of the molecule is CC1c2ccc(O)cc2CCN1CC(O)Cc1ccc2ccccc2c1. The van der Waals surface area contributed by atoms with E-state index >= 15 is 0 Å². The summed E-state index contributed by atoms with van der Waals surface area (Å²) in [6.45, 7) is 3.75. The van der Waals surface area contributed by atoms with Crippen LogP contribution in [0, 0.1) is 0 Å². The summed E-state index contributed by atoms with van der Waals surface area (Å²) in [7, 11) is 0. The molecule has 0 spiro atoms. The van der Waals surface area contributed by atoms with Crippen LogP contribution in [0.5, 0.6) is 5.75 Å². The van der Waals surface area contributed by atoms with Crippen molar-refractivity contribution in [2.75, 3.05) is 13.1 Å². The van der Waals surface area contributed by atoms with Crippen LogP contribution < -0.4 is 0 Å². The zero-order valence-corrected chi connectivity index (χ0v) is 15.1. The van der Waals surface area contributed by atoms with Gasteiger partial charge in [-0.25, -0.2) is 0 Å². The first-order valence-corrected chi connectivity index (χ1v) is 9.32. The number of β-amino-alcohol motifs (C(OH)–C–C–N with tert-alkyl or cyclic N) is 1. The summed E-state index contributed by atoms with van der Waals surface area (Å²) in [5.74, 6) is 0.334. The molecule has 3 nitrogen and oxygen atoms in total. The largest absolute Gasteiger partial charge is 0.508 e. The molecule has 2 atom stereocenters. The van der Waals surface area contributed by atoms with Gasteiger partial charge in [-0.2, -0.15) is 0 Å². The summed E-state index contributed by atoms with van der Waals surface area (Å²) >= 11 is 0. The molecule has 0 bridgehead atoms. The first kappa shape index (κ1) is 17.1. The van der Waals surface area contributed by atoms with Crippen molar-refractivity contribution in [3.05, 3.63) is 77.4 Å². The minimum absolute atomic E-state index is 0.255. The highest BCUT2D eigenvalue weighted by atomic mass is 16.3. The van der Waals surface area contributed by atoms with E-state index in [0.717, 1.165) is 13.0 Å². The van der Waals surface area contributed by atoms with Crippen LogP contribution in [0.2, 0.25) is 0 Å². The fraction of sp³-hybridized carbons (Fsp3) is 0.304. The Balaban J connectivity index is 1.44. The van der Waals surface area contributed by atoms with Crippen molar-refractivity contribution in [1.82, 2.24) is 4.90 Å². The molecule has 4 rings (SSSR count). The number of nitrogens with zero attached hydrogens (tertiary/aromatic N) is 1. The number of phenolic OH excluding ortho intramolecular Hbond substituents is 1. The molecule has 1 aliphatic rings. The predicted octanol–water partition coefficient (Wildman–Crippen LogP) is 4.07. The fourth-order valence-electron chi connectivity index (χ4n) is 4.09. The van der Waals surface area contributed by atoms with Gasteiger partial charge in [-0.1, -0.05) is 48.5 Å². The lowest BCUT2D eigenvalue weighted by molar-refractivity contribution is 0.0866. The highest BCUT2D eigenvalue weighted by Crippen LogP contribution is 2.31. The number of fused-ring (bicyclic) bond motifs is 2. The van der Waals surface area contributed by atoms with E-state index in [9.17, 15) is 10.2 Å². The van der Waals surface area contributed by atoms with Crippen molar-refractivity contribution in [3.8, 4) is 5.75 Å². The number of aromatic hydroxyl groups is 1. The fourth-order valence-corrected chi connectivity index (χ4v) is 4.09. The molecule has 1 aliphatic heterocycles. The highest BCUT2D eigenvalue weighted by Gasteiger charge is 2.25. The van der Waals surface area contributed by atoms with Gasteiger partial charge in [-0.3, -0.25) is 4.90 Å².